The van der Waals surface area contributed by atoms with Gasteiger partial charge in [-0.1, -0.05) is 0 Å². The molecule has 1 N–H and O–H groups in total. The van der Waals surface area contributed by atoms with Gasteiger partial charge in [-0.2, -0.15) is 0 Å². The molecular weight excluding hydrogens is 468 g/mol. The summed E-state index contributed by atoms with van der Waals surface area (Å²) >= 11 is 6.41. The van der Waals surface area contributed by atoms with Crippen molar-refractivity contribution in [2.75, 3.05) is 0 Å². The first kappa shape index (κ1) is 23.0. The van der Waals surface area contributed by atoms with Gasteiger partial charge < -0.3 is 0 Å². The summed E-state index contributed by atoms with van der Waals surface area (Å²) in [5.74, 6) is -5.67. The summed E-state index contributed by atoms with van der Waals surface area (Å²) in [5.41, 5.74) is 0. The number of hydrogen-bond donors (Lipinski definition) is 1. The van der Waals surface area contributed by atoms with Crippen molar-refractivity contribution in [3.05, 3.63) is 89.5 Å². The molecule has 0 aliphatic rings. The molecule has 0 aliphatic carbocycles. The molecule has 0 radical (unpaired) electrons. The van der Waals surface area contributed by atoms with Crippen molar-refractivity contribution in [3.8, 4) is 0 Å². The van der Waals surface area contributed by atoms with Crippen LogP contribution in [0.4, 0.5) is 26.3 Å². The zero-order valence-electron chi connectivity index (χ0n) is 15.3. The molecule has 10 heteroatoms. The summed E-state index contributed by atoms with van der Waals surface area (Å²) in [4.78, 5) is 11.1. The SMILES string of the molecule is CC(P(c1cc(F)cc(F)c1)c1cc(F)cc(F)c1)[PH](O)(Cl)c1cc(F)cc(F)c1. The fourth-order valence-corrected chi connectivity index (χ4v) is 10.4. The number of benzene rings is 3. The fourth-order valence-electron chi connectivity index (χ4n) is 3.12. The average molecular weight is 483 g/mol. The molecule has 160 valence electrons. The molecule has 0 aromatic heterocycles. The summed E-state index contributed by atoms with van der Waals surface area (Å²) in [6, 6.07) is 7.48. The van der Waals surface area contributed by atoms with Gasteiger partial charge in [-0.15, -0.1) is 0 Å². The molecule has 0 fully saturated rings. The van der Waals surface area contributed by atoms with Gasteiger partial charge in [-0.3, -0.25) is 0 Å². The predicted molar refractivity (Wildman–Crippen MR) is 111 cm³/mol. The molecule has 3 aromatic rings. The van der Waals surface area contributed by atoms with Gasteiger partial charge in [-0.05, 0) is 0 Å². The number of rotatable bonds is 5. The van der Waals surface area contributed by atoms with E-state index in [0.29, 0.717) is 18.2 Å². The van der Waals surface area contributed by atoms with Crippen LogP contribution in [0.2, 0.25) is 0 Å². The van der Waals surface area contributed by atoms with Crippen molar-refractivity contribution in [1.29, 1.82) is 0 Å². The quantitative estimate of drug-likeness (QED) is 0.379. The molecule has 3 rings (SSSR count). The van der Waals surface area contributed by atoms with Gasteiger partial charge in [0.15, 0.2) is 0 Å². The first-order valence-corrected chi connectivity index (χ1v) is 13.0. The van der Waals surface area contributed by atoms with E-state index in [0.717, 1.165) is 36.4 Å². The summed E-state index contributed by atoms with van der Waals surface area (Å²) in [5, 5.41) is -1.22. The van der Waals surface area contributed by atoms with Crippen molar-refractivity contribution < 1.29 is 31.2 Å². The summed E-state index contributed by atoms with van der Waals surface area (Å²) < 4.78 is 83.0. The molecule has 0 bridgehead atoms. The molecule has 0 saturated carbocycles. The van der Waals surface area contributed by atoms with Crippen LogP contribution in [0.25, 0.3) is 0 Å². The van der Waals surface area contributed by atoms with Crippen LogP contribution in [0.15, 0.2) is 54.6 Å². The molecule has 3 aromatic carbocycles. The summed E-state index contributed by atoms with van der Waals surface area (Å²) in [7, 11) is -2.03. The van der Waals surface area contributed by atoms with E-state index in [9.17, 15) is 31.2 Å². The standard InChI is InChI=1S/C20H15ClF6OP2/c1-11(30(21,28)20-9-16(26)4-17(27)10-20)29(18-5-12(22)2-13(23)6-18)19-7-14(24)3-15(25)8-19/h2-11,28,30H,1H3. The van der Waals surface area contributed by atoms with Crippen LogP contribution < -0.4 is 15.9 Å². The number of halogens is 7. The van der Waals surface area contributed by atoms with E-state index in [-0.39, 0.29) is 15.9 Å². The Labute approximate surface area is 175 Å². The maximum absolute atomic E-state index is 13.9. The summed E-state index contributed by atoms with van der Waals surface area (Å²) in [6.45, 7) is -2.80. The molecule has 0 saturated heterocycles. The normalized spacial score (nSPS) is 13.5. The Balaban J connectivity index is 2.20. The van der Waals surface area contributed by atoms with Crippen molar-refractivity contribution in [1.82, 2.24) is 0 Å². The van der Waals surface area contributed by atoms with Crippen LogP contribution in [-0.4, -0.2) is 10.3 Å². The molecular formula is C20H15ClF6OP2. The third-order valence-corrected chi connectivity index (χ3v) is 13.1. The van der Waals surface area contributed by atoms with E-state index >= 15 is 0 Å². The predicted octanol–water partition coefficient (Wildman–Crippen LogP) is 5.44. The van der Waals surface area contributed by atoms with Crippen molar-refractivity contribution in [2.24, 2.45) is 0 Å². The molecule has 1 unspecified atom stereocenters. The van der Waals surface area contributed by atoms with Crippen LogP contribution >= 0.6 is 26.0 Å². The van der Waals surface area contributed by atoms with E-state index in [4.69, 9.17) is 11.2 Å². The van der Waals surface area contributed by atoms with Crippen LogP contribution in [0.5, 0.6) is 0 Å². The fraction of sp³-hybridized carbons (Fsp3) is 0.100. The molecule has 0 aliphatic heterocycles. The van der Waals surface area contributed by atoms with Gasteiger partial charge in [0.25, 0.3) is 0 Å². The van der Waals surface area contributed by atoms with E-state index < -0.39 is 55.1 Å². The molecule has 0 spiro atoms. The van der Waals surface area contributed by atoms with E-state index in [1.165, 1.54) is 6.92 Å². The van der Waals surface area contributed by atoms with Crippen LogP contribution in [0.3, 0.4) is 0 Å². The first-order valence-electron chi connectivity index (χ1n) is 8.56. The van der Waals surface area contributed by atoms with Crippen molar-refractivity contribution >= 4 is 41.9 Å². The van der Waals surface area contributed by atoms with Crippen LogP contribution in [-0.2, 0) is 0 Å². The van der Waals surface area contributed by atoms with Gasteiger partial charge in [-0.25, -0.2) is 0 Å². The molecule has 1 atom stereocenters. The van der Waals surface area contributed by atoms with Crippen molar-refractivity contribution in [3.63, 3.8) is 0 Å². The Kier molecular flexibility index (Phi) is 6.78. The van der Waals surface area contributed by atoms with Gasteiger partial charge in [0.05, 0.1) is 0 Å². The third kappa shape index (κ3) is 4.97. The van der Waals surface area contributed by atoms with Gasteiger partial charge in [0.2, 0.25) is 0 Å². The van der Waals surface area contributed by atoms with Crippen LogP contribution in [0.1, 0.15) is 6.92 Å². The first-order chi connectivity index (χ1) is 14.0. The van der Waals surface area contributed by atoms with Crippen LogP contribution in [0, 0.1) is 34.9 Å². The monoisotopic (exact) mass is 482 g/mol. The Bertz CT molecular complexity index is 983. The minimum atomic E-state index is -4.21. The molecule has 1 nitrogen and oxygen atoms in total. The average Bonchev–Trinajstić information content (AvgIpc) is 2.59. The van der Waals surface area contributed by atoms with Gasteiger partial charge >= 0.3 is 175 Å². The topological polar surface area (TPSA) is 20.2 Å². The van der Waals surface area contributed by atoms with E-state index in [1.807, 2.05) is 0 Å². The summed E-state index contributed by atoms with van der Waals surface area (Å²) in [6.07, 6.45) is 0. The zero-order valence-corrected chi connectivity index (χ0v) is 18.0. The molecule has 0 amide bonds. The Morgan fingerprint density at radius 2 is 0.967 bits per heavy atom. The zero-order chi connectivity index (χ0) is 22.2. The second kappa shape index (κ2) is 8.84. The van der Waals surface area contributed by atoms with Gasteiger partial charge in [0.1, 0.15) is 0 Å². The second-order valence-corrected chi connectivity index (χ2v) is 14.2. The van der Waals surface area contributed by atoms with Crippen molar-refractivity contribution in [2.45, 2.75) is 12.3 Å². The molecule has 30 heavy (non-hydrogen) atoms. The second-order valence-electron chi connectivity index (χ2n) is 6.63. The van der Waals surface area contributed by atoms with E-state index in [2.05, 4.69) is 0 Å². The Morgan fingerprint density at radius 3 is 1.30 bits per heavy atom. The Morgan fingerprint density at radius 1 is 0.667 bits per heavy atom. The third-order valence-electron chi connectivity index (χ3n) is 4.46. The number of hydrogen-bond acceptors (Lipinski definition) is 1. The molecule has 0 heterocycles. The maximum atomic E-state index is 13.9. The van der Waals surface area contributed by atoms with E-state index in [1.54, 1.807) is 0 Å². The van der Waals surface area contributed by atoms with Gasteiger partial charge in [0, 0.05) is 0 Å². The minimum absolute atomic E-state index is 0.0171. The Hall–Kier alpha value is -1.65.